The van der Waals surface area contributed by atoms with Crippen LogP contribution in [0.15, 0.2) is 60.4 Å². The Morgan fingerprint density at radius 3 is 2.45 bits per heavy atom. The molecule has 1 saturated heterocycles. The zero-order valence-corrected chi connectivity index (χ0v) is 17.0. The van der Waals surface area contributed by atoms with Gasteiger partial charge in [-0.15, -0.1) is 0 Å². The van der Waals surface area contributed by atoms with Crippen molar-refractivity contribution < 1.29 is 19.6 Å². The van der Waals surface area contributed by atoms with Crippen LogP contribution in [-0.2, 0) is 9.59 Å². The van der Waals surface area contributed by atoms with Crippen molar-refractivity contribution in [3.63, 3.8) is 0 Å². The van der Waals surface area contributed by atoms with Gasteiger partial charge >= 0.3 is 0 Å². The molecule has 0 bridgehead atoms. The molecule has 2 N–H and O–H groups in total. The number of likely N-dealkylation sites (tertiary alicyclic amines) is 1. The van der Waals surface area contributed by atoms with Crippen molar-refractivity contribution >= 4 is 17.4 Å². The van der Waals surface area contributed by atoms with Crippen molar-refractivity contribution in [1.29, 1.82) is 0 Å². The molecule has 0 saturated carbocycles. The van der Waals surface area contributed by atoms with Crippen LogP contribution in [0.2, 0.25) is 0 Å². The van der Waals surface area contributed by atoms with E-state index in [1.807, 2.05) is 12.1 Å². The molecule has 2 heterocycles. The monoisotopic (exact) mass is 394 g/mol. The molecule has 1 fully saturated rings. The van der Waals surface area contributed by atoms with E-state index in [1.54, 1.807) is 47.6 Å². The number of rotatable bonds is 8. The normalized spacial score (nSPS) is 18.6. The van der Waals surface area contributed by atoms with E-state index in [-0.39, 0.29) is 11.3 Å². The number of carbonyl (C=O) groups excluding carboxylic acids is 2. The Labute approximate surface area is 171 Å². The maximum atomic E-state index is 12.9. The third-order valence-electron chi connectivity index (χ3n) is 5.52. The number of carbonyl (C=O) groups is 2. The van der Waals surface area contributed by atoms with Gasteiger partial charge in [0.15, 0.2) is 0 Å². The summed E-state index contributed by atoms with van der Waals surface area (Å²) in [4.78, 5) is 32.9. The number of ketones is 1. The molecule has 0 unspecified atom stereocenters. The molecule has 0 aliphatic carbocycles. The number of hydrogen-bond acceptors (Lipinski definition) is 4. The summed E-state index contributed by atoms with van der Waals surface area (Å²) in [5.74, 6) is -1.35. The van der Waals surface area contributed by atoms with Crippen LogP contribution in [0.25, 0.3) is 5.76 Å². The SMILES string of the molecule is CC[NH+](CC)CCCN1C(=O)C(=O)/C(=C(/O)c2ccccc2)[C@H]1c1cccnc1. The topological polar surface area (TPSA) is 74.9 Å². The number of aromatic nitrogens is 1. The fraction of sp³-hybridized carbons (Fsp3) is 0.348. The molecule has 1 aliphatic rings. The molecule has 0 radical (unpaired) electrons. The minimum Gasteiger partial charge on any atom is -0.507 e. The zero-order chi connectivity index (χ0) is 20.8. The quantitative estimate of drug-likeness (QED) is 0.407. The molecule has 1 atom stereocenters. The predicted molar refractivity (Wildman–Crippen MR) is 111 cm³/mol. The third-order valence-corrected chi connectivity index (χ3v) is 5.52. The highest BCUT2D eigenvalue weighted by molar-refractivity contribution is 6.46. The first-order valence-electron chi connectivity index (χ1n) is 10.2. The van der Waals surface area contributed by atoms with Gasteiger partial charge < -0.3 is 14.9 Å². The number of amides is 1. The summed E-state index contributed by atoms with van der Waals surface area (Å²) in [6.45, 7) is 7.71. The lowest BCUT2D eigenvalue weighted by Crippen LogP contribution is -3.11. The Morgan fingerprint density at radius 1 is 1.10 bits per heavy atom. The number of benzene rings is 1. The summed E-state index contributed by atoms with van der Waals surface area (Å²) in [7, 11) is 0. The smallest absolute Gasteiger partial charge is 0.295 e. The maximum Gasteiger partial charge on any atom is 0.295 e. The second-order valence-electron chi connectivity index (χ2n) is 7.21. The average molecular weight is 394 g/mol. The van der Waals surface area contributed by atoms with Gasteiger partial charge in [-0.2, -0.15) is 0 Å². The van der Waals surface area contributed by atoms with Gasteiger partial charge in [0.1, 0.15) is 5.76 Å². The molecular weight excluding hydrogens is 366 g/mol. The number of nitrogens with zero attached hydrogens (tertiary/aromatic N) is 2. The molecule has 1 aromatic carbocycles. The van der Waals surface area contributed by atoms with Gasteiger partial charge in [-0.1, -0.05) is 36.4 Å². The lowest BCUT2D eigenvalue weighted by atomic mass is 9.96. The molecule has 1 amide bonds. The minimum atomic E-state index is -0.643. The second kappa shape index (κ2) is 9.47. The van der Waals surface area contributed by atoms with Crippen LogP contribution in [0, 0.1) is 0 Å². The predicted octanol–water partition coefficient (Wildman–Crippen LogP) is 1.82. The first-order valence-corrected chi connectivity index (χ1v) is 10.2. The number of pyridine rings is 1. The number of aliphatic hydroxyl groups excluding tert-OH is 1. The van der Waals surface area contributed by atoms with Crippen molar-refractivity contribution in [3.8, 4) is 0 Å². The fourth-order valence-corrected chi connectivity index (χ4v) is 3.85. The third kappa shape index (κ3) is 4.38. The highest BCUT2D eigenvalue weighted by Gasteiger charge is 2.45. The Hall–Kier alpha value is -2.99. The summed E-state index contributed by atoms with van der Waals surface area (Å²) in [5.41, 5.74) is 1.37. The fourth-order valence-electron chi connectivity index (χ4n) is 3.85. The van der Waals surface area contributed by atoms with E-state index in [1.165, 1.54) is 4.90 Å². The van der Waals surface area contributed by atoms with Gasteiger partial charge in [0, 0.05) is 30.9 Å². The van der Waals surface area contributed by atoms with Crippen LogP contribution in [0.5, 0.6) is 0 Å². The van der Waals surface area contributed by atoms with Crippen molar-refractivity contribution in [2.24, 2.45) is 0 Å². The van der Waals surface area contributed by atoms with E-state index in [0.29, 0.717) is 12.1 Å². The van der Waals surface area contributed by atoms with Crippen LogP contribution in [-0.4, -0.2) is 52.9 Å². The number of quaternary nitrogens is 1. The number of aliphatic hydroxyl groups is 1. The lowest BCUT2D eigenvalue weighted by Gasteiger charge is -2.25. The van der Waals surface area contributed by atoms with Crippen LogP contribution in [0.4, 0.5) is 0 Å². The average Bonchev–Trinajstić information content (AvgIpc) is 3.02. The van der Waals surface area contributed by atoms with Crippen LogP contribution in [0.3, 0.4) is 0 Å². The molecule has 152 valence electrons. The Kier molecular flexibility index (Phi) is 6.77. The molecule has 29 heavy (non-hydrogen) atoms. The second-order valence-corrected chi connectivity index (χ2v) is 7.21. The molecule has 3 rings (SSSR count). The van der Waals surface area contributed by atoms with Gasteiger partial charge in [-0.05, 0) is 25.5 Å². The van der Waals surface area contributed by atoms with E-state index < -0.39 is 17.7 Å². The van der Waals surface area contributed by atoms with Crippen molar-refractivity contribution in [2.75, 3.05) is 26.2 Å². The molecule has 2 aromatic rings. The summed E-state index contributed by atoms with van der Waals surface area (Å²) < 4.78 is 0. The van der Waals surface area contributed by atoms with E-state index >= 15 is 0 Å². The van der Waals surface area contributed by atoms with E-state index in [0.717, 1.165) is 31.6 Å². The molecule has 6 nitrogen and oxygen atoms in total. The standard InChI is InChI=1S/C23H27N3O3/c1-3-25(4-2)14-9-15-26-20(18-12-8-13-24-16-18)19(22(28)23(26)29)21(27)17-10-6-5-7-11-17/h5-8,10-13,16,20,27H,3-4,9,14-15H2,1-2H3/p+1/b21-19+/t20-/m1/s1. The lowest BCUT2D eigenvalue weighted by molar-refractivity contribution is -0.896. The highest BCUT2D eigenvalue weighted by atomic mass is 16.3. The number of hydrogen-bond donors (Lipinski definition) is 2. The number of Topliss-reactive ketones (excluding diaryl/α,β-unsaturated/α-hetero) is 1. The van der Waals surface area contributed by atoms with Crippen LogP contribution in [0.1, 0.15) is 37.4 Å². The molecule has 1 aromatic heterocycles. The largest absolute Gasteiger partial charge is 0.507 e. The van der Waals surface area contributed by atoms with Gasteiger partial charge in [-0.25, -0.2) is 0 Å². The minimum absolute atomic E-state index is 0.129. The van der Waals surface area contributed by atoms with Crippen molar-refractivity contribution in [1.82, 2.24) is 9.88 Å². The van der Waals surface area contributed by atoms with E-state index in [4.69, 9.17) is 0 Å². The van der Waals surface area contributed by atoms with Gasteiger partial charge in [0.05, 0.1) is 31.2 Å². The highest BCUT2D eigenvalue weighted by Crippen LogP contribution is 2.38. The van der Waals surface area contributed by atoms with Crippen LogP contribution < -0.4 is 4.90 Å². The molecule has 6 heteroatoms. The van der Waals surface area contributed by atoms with E-state index in [9.17, 15) is 14.7 Å². The van der Waals surface area contributed by atoms with Gasteiger partial charge in [-0.3, -0.25) is 14.6 Å². The molecule has 1 aliphatic heterocycles. The Bertz CT molecular complexity index is 877. The Balaban J connectivity index is 1.98. The molecule has 0 spiro atoms. The molecular formula is C23H28N3O3+. The summed E-state index contributed by atoms with van der Waals surface area (Å²) >= 11 is 0. The van der Waals surface area contributed by atoms with Crippen molar-refractivity contribution in [2.45, 2.75) is 26.3 Å². The Morgan fingerprint density at radius 2 is 1.83 bits per heavy atom. The first-order chi connectivity index (χ1) is 14.1. The van der Waals surface area contributed by atoms with Gasteiger partial charge in [0.2, 0.25) is 0 Å². The first kappa shape index (κ1) is 20.7. The van der Waals surface area contributed by atoms with Crippen LogP contribution >= 0.6 is 0 Å². The zero-order valence-electron chi connectivity index (χ0n) is 17.0. The summed E-state index contributed by atoms with van der Waals surface area (Å²) in [6.07, 6.45) is 4.08. The van der Waals surface area contributed by atoms with E-state index in [2.05, 4.69) is 18.8 Å². The van der Waals surface area contributed by atoms with Gasteiger partial charge in [0.25, 0.3) is 11.7 Å². The maximum absolute atomic E-state index is 12.9. The summed E-state index contributed by atoms with van der Waals surface area (Å²) in [6, 6.07) is 11.9. The van der Waals surface area contributed by atoms with Crippen molar-refractivity contribution in [3.05, 3.63) is 71.6 Å². The summed E-state index contributed by atoms with van der Waals surface area (Å²) in [5, 5.41) is 10.9. The number of nitrogens with one attached hydrogen (secondary N) is 1.